The maximum Gasteiger partial charge on any atom is 0.162 e. The third kappa shape index (κ3) is 5.23. The molecule has 11 aromatic rings. The smallest absolute Gasteiger partial charge is 0.162 e. The van der Waals surface area contributed by atoms with Gasteiger partial charge in [-0.3, -0.25) is 4.57 Å². The molecule has 0 aliphatic heterocycles. The second-order valence-corrected chi connectivity index (χ2v) is 14.2. The van der Waals surface area contributed by atoms with Crippen molar-refractivity contribution in [2.24, 2.45) is 0 Å². The Balaban J connectivity index is 1.20. The summed E-state index contributed by atoms with van der Waals surface area (Å²) in [4.78, 5) is 10.6. The Hall–Kier alpha value is -7.56. The van der Waals surface area contributed by atoms with E-state index in [1.807, 2.05) is 12.1 Å². The van der Waals surface area contributed by atoms with Crippen LogP contribution in [-0.2, 0) is 0 Å². The Kier molecular flexibility index (Phi) is 7.46. The molecule has 11 rings (SSSR count). The molecule has 0 atom stereocenters. The lowest BCUT2D eigenvalue weighted by Gasteiger charge is -2.14. The van der Waals surface area contributed by atoms with Gasteiger partial charge >= 0.3 is 0 Å². The third-order valence-corrected chi connectivity index (χ3v) is 11.0. The number of rotatable bonds is 6. The molecule has 262 valence electrons. The van der Waals surface area contributed by atoms with Crippen LogP contribution in [0.25, 0.3) is 100 Å². The highest BCUT2D eigenvalue weighted by Gasteiger charge is 2.23. The van der Waals surface area contributed by atoms with Crippen LogP contribution in [0.3, 0.4) is 0 Å². The van der Waals surface area contributed by atoms with Crippen LogP contribution in [0.1, 0.15) is 0 Å². The van der Waals surface area contributed by atoms with Gasteiger partial charge in [-0.2, -0.15) is 0 Å². The first-order chi connectivity index (χ1) is 27.8. The highest BCUT2D eigenvalue weighted by molar-refractivity contribution is 6.23. The first kappa shape index (κ1) is 31.9. The molecule has 0 amide bonds. The van der Waals surface area contributed by atoms with Crippen LogP contribution in [0.2, 0.25) is 0 Å². The molecule has 0 saturated heterocycles. The summed E-state index contributed by atoms with van der Waals surface area (Å²) in [5, 5.41) is 4.75. The fourth-order valence-corrected chi connectivity index (χ4v) is 8.32. The summed E-state index contributed by atoms with van der Waals surface area (Å²) in [6, 6.07) is 73.1. The SMILES string of the molecule is c1ccc(-c2ccc(-c3nc(-c4ccccc4)cc(-n4c5ccccc5c5ccc6c7ccccc7n(-c7ccc(-c8ccccc8)cc7)c6c54)n3)cc2)cc1. The van der Waals surface area contributed by atoms with Crippen LogP contribution in [0.4, 0.5) is 0 Å². The van der Waals surface area contributed by atoms with Crippen molar-refractivity contribution in [3.05, 3.63) is 206 Å². The standard InChI is InChI=1S/C52H34N4/c1-4-14-35(15-5-1)37-24-26-40(27-25-37)52-53-46(39-18-8-3-9-19-39)34-49(54-52)56-48-23-13-11-21-43(48)45-33-32-44-42-20-10-12-22-47(42)55(50(44)51(45)56)41-30-28-38(29-31-41)36-16-6-2-7-17-36/h1-34H. The van der Waals surface area contributed by atoms with Gasteiger partial charge in [0.2, 0.25) is 0 Å². The lowest BCUT2D eigenvalue weighted by Crippen LogP contribution is -2.04. The maximum absolute atomic E-state index is 5.43. The predicted molar refractivity (Wildman–Crippen MR) is 232 cm³/mol. The van der Waals surface area contributed by atoms with Crippen molar-refractivity contribution in [3.63, 3.8) is 0 Å². The summed E-state index contributed by atoms with van der Waals surface area (Å²) in [7, 11) is 0. The zero-order valence-corrected chi connectivity index (χ0v) is 30.4. The number of nitrogens with zero attached hydrogens (tertiary/aromatic N) is 4. The van der Waals surface area contributed by atoms with Gasteiger partial charge < -0.3 is 4.57 Å². The summed E-state index contributed by atoms with van der Waals surface area (Å²) < 4.78 is 4.79. The molecule has 8 aromatic carbocycles. The number of hydrogen-bond acceptors (Lipinski definition) is 2. The van der Waals surface area contributed by atoms with Crippen LogP contribution in [-0.4, -0.2) is 19.1 Å². The minimum Gasteiger partial charge on any atom is -0.307 e. The second kappa shape index (κ2) is 13.1. The van der Waals surface area contributed by atoms with Gasteiger partial charge in [0, 0.05) is 44.4 Å². The van der Waals surface area contributed by atoms with Crippen molar-refractivity contribution < 1.29 is 0 Å². The van der Waals surface area contributed by atoms with E-state index in [0.717, 1.165) is 56.0 Å². The van der Waals surface area contributed by atoms with E-state index < -0.39 is 0 Å². The lowest BCUT2D eigenvalue weighted by atomic mass is 10.0. The number of hydrogen-bond donors (Lipinski definition) is 0. The van der Waals surface area contributed by atoms with E-state index in [2.05, 4.69) is 203 Å². The fraction of sp³-hybridized carbons (Fsp3) is 0. The third-order valence-electron chi connectivity index (χ3n) is 11.0. The zero-order chi connectivity index (χ0) is 37.0. The predicted octanol–water partition coefficient (Wildman–Crippen LogP) is 13.3. The van der Waals surface area contributed by atoms with E-state index in [0.29, 0.717) is 5.82 Å². The van der Waals surface area contributed by atoms with Crippen molar-refractivity contribution in [2.75, 3.05) is 0 Å². The van der Waals surface area contributed by atoms with Gasteiger partial charge in [-0.1, -0.05) is 176 Å². The summed E-state index contributed by atoms with van der Waals surface area (Å²) in [5.74, 6) is 1.49. The Labute approximate surface area is 324 Å². The highest BCUT2D eigenvalue weighted by Crippen LogP contribution is 2.42. The largest absolute Gasteiger partial charge is 0.307 e. The van der Waals surface area contributed by atoms with Gasteiger partial charge in [-0.25, -0.2) is 9.97 Å². The number of benzene rings is 8. The van der Waals surface area contributed by atoms with Gasteiger partial charge in [0.05, 0.1) is 27.8 Å². The summed E-state index contributed by atoms with van der Waals surface area (Å²) in [6.45, 7) is 0. The summed E-state index contributed by atoms with van der Waals surface area (Å²) in [5.41, 5.74) is 13.2. The Bertz CT molecular complexity index is 3200. The molecule has 0 aliphatic carbocycles. The molecular formula is C52H34N4. The minimum absolute atomic E-state index is 0.677. The summed E-state index contributed by atoms with van der Waals surface area (Å²) in [6.07, 6.45) is 0. The van der Waals surface area contributed by atoms with Crippen LogP contribution in [0.5, 0.6) is 0 Å². The number of aromatic nitrogens is 4. The van der Waals surface area contributed by atoms with Crippen molar-refractivity contribution in [1.29, 1.82) is 0 Å². The molecule has 56 heavy (non-hydrogen) atoms. The molecular weight excluding hydrogens is 681 g/mol. The average molecular weight is 715 g/mol. The van der Waals surface area contributed by atoms with Crippen molar-refractivity contribution >= 4 is 43.6 Å². The number of fused-ring (bicyclic) bond motifs is 7. The molecule has 0 saturated carbocycles. The molecule has 0 N–H and O–H groups in total. The molecule has 0 radical (unpaired) electrons. The zero-order valence-electron chi connectivity index (χ0n) is 30.4. The van der Waals surface area contributed by atoms with Gasteiger partial charge in [0.25, 0.3) is 0 Å². The van der Waals surface area contributed by atoms with E-state index in [-0.39, 0.29) is 0 Å². The van der Waals surface area contributed by atoms with Gasteiger partial charge in [-0.15, -0.1) is 0 Å². The van der Waals surface area contributed by atoms with Crippen molar-refractivity contribution in [2.45, 2.75) is 0 Å². The molecule has 4 nitrogen and oxygen atoms in total. The Morgan fingerprint density at radius 3 is 1.30 bits per heavy atom. The number of para-hydroxylation sites is 2. The van der Waals surface area contributed by atoms with Gasteiger partial charge in [0.1, 0.15) is 5.82 Å². The van der Waals surface area contributed by atoms with Crippen molar-refractivity contribution in [3.8, 4) is 56.4 Å². The highest BCUT2D eigenvalue weighted by atomic mass is 15.1. The van der Waals surface area contributed by atoms with E-state index >= 15 is 0 Å². The van der Waals surface area contributed by atoms with Crippen molar-refractivity contribution in [1.82, 2.24) is 19.1 Å². The van der Waals surface area contributed by atoms with E-state index in [1.165, 1.54) is 38.2 Å². The first-order valence-corrected chi connectivity index (χ1v) is 19.0. The molecule has 0 aliphatic rings. The summed E-state index contributed by atoms with van der Waals surface area (Å²) >= 11 is 0. The molecule has 4 heteroatoms. The maximum atomic E-state index is 5.43. The molecule has 3 aromatic heterocycles. The Morgan fingerprint density at radius 2 is 0.732 bits per heavy atom. The first-order valence-electron chi connectivity index (χ1n) is 19.0. The molecule has 0 fully saturated rings. The average Bonchev–Trinajstić information content (AvgIpc) is 3.80. The normalized spacial score (nSPS) is 11.6. The van der Waals surface area contributed by atoms with Crippen LogP contribution < -0.4 is 0 Å². The molecule has 0 unspecified atom stereocenters. The fourth-order valence-electron chi connectivity index (χ4n) is 8.32. The molecule has 0 spiro atoms. The quantitative estimate of drug-likeness (QED) is 0.172. The van der Waals surface area contributed by atoms with Crippen LogP contribution in [0.15, 0.2) is 206 Å². The van der Waals surface area contributed by atoms with Crippen LogP contribution in [0, 0.1) is 0 Å². The van der Waals surface area contributed by atoms with Crippen LogP contribution >= 0.6 is 0 Å². The van der Waals surface area contributed by atoms with Gasteiger partial charge in [0.15, 0.2) is 5.82 Å². The molecule has 0 bridgehead atoms. The van der Waals surface area contributed by atoms with Gasteiger partial charge in [-0.05, 0) is 46.5 Å². The van der Waals surface area contributed by atoms with E-state index in [1.54, 1.807) is 0 Å². The topological polar surface area (TPSA) is 35.6 Å². The molecule has 3 heterocycles. The minimum atomic E-state index is 0.677. The Morgan fingerprint density at radius 1 is 0.304 bits per heavy atom. The van der Waals surface area contributed by atoms with E-state index in [9.17, 15) is 0 Å². The monoisotopic (exact) mass is 714 g/mol. The second-order valence-electron chi connectivity index (χ2n) is 14.2. The van der Waals surface area contributed by atoms with E-state index in [4.69, 9.17) is 9.97 Å². The lowest BCUT2D eigenvalue weighted by molar-refractivity contribution is 1.05.